The summed E-state index contributed by atoms with van der Waals surface area (Å²) in [5.41, 5.74) is -0.341. The van der Waals surface area contributed by atoms with E-state index in [0.29, 0.717) is 0 Å². The third kappa shape index (κ3) is 6.85. The van der Waals surface area contributed by atoms with Crippen molar-refractivity contribution in [3.63, 3.8) is 0 Å². The predicted octanol–water partition coefficient (Wildman–Crippen LogP) is 4.76. The Morgan fingerprint density at radius 2 is 1.51 bits per heavy atom. The molecule has 5 atom stereocenters. The first kappa shape index (κ1) is 26.6. The van der Waals surface area contributed by atoms with Gasteiger partial charge in [0.15, 0.2) is 5.79 Å². The van der Waals surface area contributed by atoms with Crippen molar-refractivity contribution in [1.82, 2.24) is 0 Å². The zero-order valence-electron chi connectivity index (χ0n) is 21.2. The highest BCUT2D eigenvalue weighted by Gasteiger charge is 2.57. The topological polar surface area (TPSA) is 63.2 Å². The Kier molecular flexibility index (Phi) is 8.26. The Balaban J connectivity index is 1.71. The maximum Gasteiger partial charge on any atom is 0.302 e. The molecule has 0 bridgehead atoms. The summed E-state index contributed by atoms with van der Waals surface area (Å²) >= 11 is 1.69. The van der Waals surface area contributed by atoms with Gasteiger partial charge < -0.3 is 23.5 Å². The summed E-state index contributed by atoms with van der Waals surface area (Å²) in [5.74, 6) is -1.16. The third-order valence-electron chi connectivity index (χ3n) is 5.56. The van der Waals surface area contributed by atoms with Gasteiger partial charge in [0, 0.05) is 22.3 Å². The molecule has 2 unspecified atom stereocenters. The molecule has 2 heterocycles. The van der Waals surface area contributed by atoms with Crippen LogP contribution in [0.3, 0.4) is 0 Å². The van der Waals surface area contributed by atoms with Crippen molar-refractivity contribution in [2.24, 2.45) is 0 Å². The summed E-state index contributed by atoms with van der Waals surface area (Å²) in [6.45, 7) is 11.8. The maximum absolute atomic E-state index is 11.6. The van der Waals surface area contributed by atoms with Crippen LogP contribution in [0.2, 0.25) is 0 Å². The second-order valence-electron chi connectivity index (χ2n) is 10.2. The van der Waals surface area contributed by atoms with Crippen LogP contribution in [0.5, 0.6) is 0 Å². The zero-order valence-corrected chi connectivity index (χ0v) is 22.9. The smallest absolute Gasteiger partial charge is 0.302 e. The van der Waals surface area contributed by atoms with E-state index in [2.05, 4.69) is 45.0 Å². The Labute approximate surface area is 213 Å². The third-order valence-corrected chi connectivity index (χ3v) is 8.87. The van der Waals surface area contributed by atoms with E-state index in [9.17, 15) is 4.79 Å². The highest BCUT2D eigenvalue weighted by molar-refractivity contribution is 8.01. The molecule has 0 N–H and O–H groups in total. The van der Waals surface area contributed by atoms with Gasteiger partial charge in [-0.2, -0.15) is 0 Å². The monoisotopic (exact) mass is 518 g/mol. The van der Waals surface area contributed by atoms with Crippen LogP contribution in [0, 0.1) is 0 Å². The van der Waals surface area contributed by atoms with E-state index in [1.165, 1.54) is 6.92 Å². The van der Waals surface area contributed by atoms with Crippen molar-refractivity contribution in [1.29, 1.82) is 0 Å². The van der Waals surface area contributed by atoms with Crippen LogP contribution in [0.15, 0.2) is 60.7 Å². The van der Waals surface area contributed by atoms with Crippen LogP contribution in [0.4, 0.5) is 0 Å². The minimum Gasteiger partial charge on any atom is -0.463 e. The quantitative estimate of drug-likeness (QED) is 0.387. The molecule has 0 aliphatic carbocycles. The molecule has 4 rings (SSSR count). The number of thioether (sulfide) groups is 1. The molecule has 0 radical (unpaired) electrons. The van der Waals surface area contributed by atoms with Gasteiger partial charge in [-0.3, -0.25) is 4.79 Å². The highest BCUT2D eigenvalue weighted by Crippen LogP contribution is 2.48. The predicted molar refractivity (Wildman–Crippen MR) is 140 cm³/mol. The molecule has 2 saturated heterocycles. The van der Waals surface area contributed by atoms with Crippen LogP contribution in [0.1, 0.15) is 41.5 Å². The molecule has 2 aliphatic heterocycles. The van der Waals surface area contributed by atoms with Crippen LogP contribution >= 0.6 is 19.9 Å². The molecule has 2 aliphatic rings. The van der Waals surface area contributed by atoms with Crippen molar-refractivity contribution in [3.8, 4) is 0 Å². The Morgan fingerprint density at radius 3 is 2.03 bits per heavy atom. The van der Waals surface area contributed by atoms with Gasteiger partial charge in [0.05, 0.1) is 8.15 Å². The van der Waals surface area contributed by atoms with Crippen LogP contribution in [0.25, 0.3) is 0 Å². The lowest BCUT2D eigenvalue weighted by molar-refractivity contribution is -0.175. The van der Waals surface area contributed by atoms with Crippen LogP contribution in [-0.2, 0) is 28.3 Å². The summed E-state index contributed by atoms with van der Waals surface area (Å²) in [4.78, 5) is 11.6. The number of carbonyl (C=O) groups is 1. The molecule has 0 saturated carbocycles. The minimum absolute atomic E-state index is 0.0949. The summed E-state index contributed by atoms with van der Waals surface area (Å²) in [7, 11) is -1.14. The van der Waals surface area contributed by atoms with Gasteiger partial charge in [0.25, 0.3) is 0 Å². The summed E-state index contributed by atoms with van der Waals surface area (Å²) < 4.78 is 31.6. The summed E-state index contributed by atoms with van der Waals surface area (Å²) in [6.07, 6.45) is -1.65. The van der Waals surface area contributed by atoms with Gasteiger partial charge in [-0.1, -0.05) is 81.4 Å². The molecule has 2 fully saturated rings. The molecular weight excluding hydrogens is 483 g/mol. The second-order valence-corrected chi connectivity index (χ2v) is 13.9. The zero-order chi connectivity index (χ0) is 25.2. The van der Waals surface area contributed by atoms with Crippen molar-refractivity contribution in [2.45, 2.75) is 81.9 Å². The Bertz CT molecular complexity index is 941. The first-order valence-corrected chi connectivity index (χ1v) is 14.1. The van der Waals surface area contributed by atoms with Crippen molar-refractivity contribution in [2.75, 3.05) is 6.61 Å². The molecule has 6 nitrogen and oxygen atoms in total. The molecule has 8 heteroatoms. The van der Waals surface area contributed by atoms with Gasteiger partial charge in [-0.15, -0.1) is 11.8 Å². The van der Waals surface area contributed by atoms with E-state index >= 15 is 0 Å². The Morgan fingerprint density at radius 1 is 0.971 bits per heavy atom. The number of hydrogen-bond donors (Lipinski definition) is 0. The number of esters is 1. The number of benzene rings is 2. The molecule has 0 spiro atoms. The number of carbonyl (C=O) groups excluding carboxylic acids is 1. The minimum atomic E-state index is -1.14. The average molecular weight is 519 g/mol. The number of rotatable bonds is 7. The van der Waals surface area contributed by atoms with Crippen molar-refractivity contribution in [3.05, 3.63) is 60.7 Å². The SMILES string of the molecule is CC(=O)OC[C@H]1O[C@@H](SC(C)(C)C)[C@H](OP(c2ccccc2)c2ccccc2)C2OC(C)(C)OC21. The van der Waals surface area contributed by atoms with Crippen molar-refractivity contribution >= 4 is 36.5 Å². The number of ether oxygens (including phenoxy) is 4. The second kappa shape index (κ2) is 10.9. The average Bonchev–Trinajstić information content (AvgIpc) is 3.12. The standard InChI is InChI=1S/C27H35O6PS/c1-18(28)29-17-21-22-23(32-27(5,6)31-22)24(25(30-21)35-26(2,3)4)33-34(19-13-9-7-10-14-19)20-15-11-8-12-16-20/h7-16,21-25H,17H2,1-6H3/t21-,22?,23?,24-,25+/m1/s1. The highest BCUT2D eigenvalue weighted by atomic mass is 32.2. The largest absolute Gasteiger partial charge is 0.463 e. The van der Waals surface area contributed by atoms with E-state index in [4.69, 9.17) is 23.5 Å². The van der Waals surface area contributed by atoms with E-state index in [1.807, 2.05) is 50.2 Å². The lowest BCUT2D eigenvalue weighted by Gasteiger charge is -2.44. The van der Waals surface area contributed by atoms with Crippen molar-refractivity contribution < 1.29 is 28.3 Å². The summed E-state index contributed by atoms with van der Waals surface area (Å²) in [5, 5.41) is 2.23. The van der Waals surface area contributed by atoms with Gasteiger partial charge in [-0.25, -0.2) is 0 Å². The molecule has 2 aromatic carbocycles. The molecule has 2 aromatic rings. The first-order valence-electron chi connectivity index (χ1n) is 11.9. The number of fused-ring (bicyclic) bond motifs is 1. The molecule has 0 amide bonds. The lowest BCUT2D eigenvalue weighted by Crippen LogP contribution is -2.58. The Hall–Kier alpha value is -1.47. The first-order chi connectivity index (χ1) is 16.5. The molecule has 190 valence electrons. The van der Waals surface area contributed by atoms with Gasteiger partial charge in [0.2, 0.25) is 0 Å². The lowest BCUT2D eigenvalue weighted by atomic mass is 10.0. The maximum atomic E-state index is 11.6. The molecule has 0 aromatic heterocycles. The number of hydrogen-bond acceptors (Lipinski definition) is 7. The normalized spacial score (nSPS) is 28.0. The summed E-state index contributed by atoms with van der Waals surface area (Å²) in [6, 6.07) is 20.6. The fourth-order valence-electron chi connectivity index (χ4n) is 4.25. The van der Waals surface area contributed by atoms with Gasteiger partial charge in [-0.05, 0) is 13.8 Å². The molecule has 35 heavy (non-hydrogen) atoms. The molecular formula is C27H35O6PS. The van der Waals surface area contributed by atoms with E-state index in [0.717, 1.165) is 10.6 Å². The fraction of sp³-hybridized carbons (Fsp3) is 0.519. The van der Waals surface area contributed by atoms with E-state index < -0.39 is 32.2 Å². The van der Waals surface area contributed by atoms with Crippen LogP contribution in [-0.4, -0.2) is 53.0 Å². The van der Waals surface area contributed by atoms with Gasteiger partial charge >= 0.3 is 5.97 Å². The van der Waals surface area contributed by atoms with Gasteiger partial charge in [0.1, 0.15) is 36.5 Å². The van der Waals surface area contributed by atoms with E-state index in [1.54, 1.807) is 11.8 Å². The van der Waals surface area contributed by atoms with E-state index in [-0.39, 0.29) is 28.9 Å². The fourth-order valence-corrected chi connectivity index (χ4v) is 7.47. The van der Waals surface area contributed by atoms with Crippen LogP contribution < -0.4 is 10.6 Å².